The maximum absolute atomic E-state index is 11.3. The van der Waals surface area contributed by atoms with Crippen LogP contribution in [0.25, 0.3) is 0 Å². The Hall–Kier alpha value is -1.06. The van der Waals surface area contributed by atoms with Crippen LogP contribution in [0.4, 0.5) is 0 Å². The Morgan fingerprint density at radius 1 is 1.25 bits per heavy atom. The molecule has 1 amide bonds. The molecule has 0 aromatic rings. The van der Waals surface area contributed by atoms with Crippen LogP contribution in [-0.2, 0) is 9.59 Å². The third kappa shape index (κ3) is 5.14. The van der Waals surface area contributed by atoms with Gasteiger partial charge in [-0.1, -0.05) is 34.1 Å². The minimum atomic E-state index is -0.864. The molecule has 16 heavy (non-hydrogen) atoms. The number of carboxylic acids is 1. The molecule has 0 spiro atoms. The second-order valence-electron chi connectivity index (χ2n) is 4.37. The molecule has 0 aliphatic rings. The van der Waals surface area contributed by atoms with Crippen molar-refractivity contribution in [3.63, 3.8) is 0 Å². The Morgan fingerprint density at radius 3 is 2.19 bits per heavy atom. The number of amides is 1. The fourth-order valence-corrected chi connectivity index (χ4v) is 1.63. The second kappa shape index (κ2) is 7.25. The van der Waals surface area contributed by atoms with Crippen LogP contribution in [-0.4, -0.2) is 23.0 Å². The van der Waals surface area contributed by atoms with E-state index in [0.29, 0.717) is 12.3 Å². The van der Waals surface area contributed by atoms with E-state index < -0.39 is 5.97 Å². The van der Waals surface area contributed by atoms with Crippen LogP contribution >= 0.6 is 0 Å². The summed E-state index contributed by atoms with van der Waals surface area (Å²) in [6.45, 7) is 7.91. The lowest BCUT2D eigenvalue weighted by molar-refractivity contribution is -0.138. The van der Waals surface area contributed by atoms with E-state index in [0.717, 1.165) is 6.42 Å². The summed E-state index contributed by atoms with van der Waals surface area (Å²) in [4.78, 5) is 22.1. The van der Waals surface area contributed by atoms with Crippen molar-refractivity contribution in [2.24, 2.45) is 11.8 Å². The third-order valence-corrected chi connectivity index (χ3v) is 3.24. The monoisotopic (exact) mass is 229 g/mol. The SMILES string of the molecule is CCC(=O)NC(CC(=O)O)C(C)C(C)CC. The highest BCUT2D eigenvalue weighted by atomic mass is 16.4. The third-order valence-electron chi connectivity index (χ3n) is 3.24. The predicted octanol–water partition coefficient (Wildman–Crippen LogP) is 2.04. The van der Waals surface area contributed by atoms with Crippen LogP contribution in [0, 0.1) is 11.8 Å². The number of carboxylic acid groups (broad SMARTS) is 1. The molecule has 0 saturated heterocycles. The lowest BCUT2D eigenvalue weighted by Crippen LogP contribution is -2.42. The molecule has 0 aliphatic carbocycles. The summed E-state index contributed by atoms with van der Waals surface area (Å²) in [5.41, 5.74) is 0. The molecule has 0 heterocycles. The van der Waals surface area contributed by atoms with Gasteiger partial charge >= 0.3 is 5.97 Å². The first-order valence-electron chi connectivity index (χ1n) is 5.93. The lowest BCUT2D eigenvalue weighted by atomic mass is 9.85. The van der Waals surface area contributed by atoms with Crippen molar-refractivity contribution in [3.05, 3.63) is 0 Å². The largest absolute Gasteiger partial charge is 0.481 e. The highest BCUT2D eigenvalue weighted by Gasteiger charge is 2.25. The van der Waals surface area contributed by atoms with Gasteiger partial charge < -0.3 is 10.4 Å². The van der Waals surface area contributed by atoms with Crippen molar-refractivity contribution in [1.29, 1.82) is 0 Å². The predicted molar refractivity (Wildman–Crippen MR) is 63.1 cm³/mol. The molecular formula is C12H23NO3. The number of nitrogens with one attached hydrogen (secondary N) is 1. The first kappa shape index (κ1) is 14.9. The molecule has 0 aromatic carbocycles. The van der Waals surface area contributed by atoms with Crippen LogP contribution in [0.5, 0.6) is 0 Å². The van der Waals surface area contributed by atoms with Gasteiger partial charge in [-0.3, -0.25) is 9.59 Å². The van der Waals surface area contributed by atoms with Gasteiger partial charge in [0.05, 0.1) is 6.42 Å². The van der Waals surface area contributed by atoms with Gasteiger partial charge in [0.1, 0.15) is 0 Å². The van der Waals surface area contributed by atoms with Gasteiger partial charge in [0.2, 0.25) is 5.91 Å². The second-order valence-corrected chi connectivity index (χ2v) is 4.37. The van der Waals surface area contributed by atoms with Gasteiger partial charge in [-0.2, -0.15) is 0 Å². The Kier molecular flexibility index (Phi) is 6.77. The van der Waals surface area contributed by atoms with Gasteiger partial charge in [-0.15, -0.1) is 0 Å². The molecule has 0 bridgehead atoms. The number of carbonyl (C=O) groups is 2. The Morgan fingerprint density at radius 2 is 1.81 bits per heavy atom. The molecule has 0 rings (SSSR count). The van der Waals surface area contributed by atoms with E-state index >= 15 is 0 Å². The van der Waals surface area contributed by atoms with Crippen molar-refractivity contribution in [3.8, 4) is 0 Å². The molecule has 2 N–H and O–H groups in total. The molecule has 0 radical (unpaired) electrons. The van der Waals surface area contributed by atoms with Crippen molar-refractivity contribution in [2.45, 2.75) is 53.0 Å². The first-order chi connectivity index (χ1) is 7.42. The zero-order chi connectivity index (χ0) is 12.7. The van der Waals surface area contributed by atoms with Crippen molar-refractivity contribution in [1.82, 2.24) is 5.32 Å². The van der Waals surface area contributed by atoms with Gasteiger partial charge in [-0.25, -0.2) is 0 Å². The summed E-state index contributed by atoms with van der Waals surface area (Å²) >= 11 is 0. The van der Waals surface area contributed by atoms with E-state index in [1.54, 1.807) is 6.92 Å². The summed E-state index contributed by atoms with van der Waals surface area (Å²) in [6.07, 6.45) is 1.37. The van der Waals surface area contributed by atoms with Crippen molar-refractivity contribution >= 4 is 11.9 Å². The van der Waals surface area contributed by atoms with E-state index in [-0.39, 0.29) is 24.3 Å². The maximum atomic E-state index is 11.3. The average molecular weight is 229 g/mol. The van der Waals surface area contributed by atoms with E-state index in [9.17, 15) is 9.59 Å². The van der Waals surface area contributed by atoms with Crippen LogP contribution in [0.3, 0.4) is 0 Å². The van der Waals surface area contributed by atoms with E-state index in [1.165, 1.54) is 0 Å². The highest BCUT2D eigenvalue weighted by Crippen LogP contribution is 2.20. The fraction of sp³-hybridized carbons (Fsp3) is 0.833. The van der Waals surface area contributed by atoms with Gasteiger partial charge in [0, 0.05) is 12.5 Å². The fourth-order valence-electron chi connectivity index (χ4n) is 1.63. The summed E-state index contributed by atoms with van der Waals surface area (Å²) in [5, 5.41) is 11.6. The van der Waals surface area contributed by atoms with Crippen LogP contribution < -0.4 is 5.32 Å². The minimum absolute atomic E-state index is 0.00273. The normalized spacial score (nSPS) is 16.2. The molecule has 4 heteroatoms. The molecular weight excluding hydrogens is 206 g/mol. The van der Waals surface area contributed by atoms with Gasteiger partial charge in [-0.05, 0) is 11.8 Å². The highest BCUT2D eigenvalue weighted by molar-refractivity contribution is 5.77. The van der Waals surface area contributed by atoms with Gasteiger partial charge in [0.25, 0.3) is 0 Å². The topological polar surface area (TPSA) is 66.4 Å². The number of hydrogen-bond acceptors (Lipinski definition) is 2. The maximum Gasteiger partial charge on any atom is 0.305 e. The minimum Gasteiger partial charge on any atom is -0.481 e. The smallest absolute Gasteiger partial charge is 0.305 e. The summed E-state index contributed by atoms with van der Waals surface area (Å²) in [5.74, 6) is -0.365. The standard InChI is InChI=1S/C12H23NO3/c1-5-8(3)9(4)10(7-12(15)16)13-11(14)6-2/h8-10H,5-7H2,1-4H3,(H,13,14)(H,15,16). The van der Waals surface area contributed by atoms with Crippen molar-refractivity contribution < 1.29 is 14.7 Å². The zero-order valence-corrected chi connectivity index (χ0v) is 10.6. The van der Waals surface area contributed by atoms with Crippen molar-refractivity contribution in [2.75, 3.05) is 0 Å². The van der Waals surface area contributed by atoms with Crippen LogP contribution in [0.1, 0.15) is 47.0 Å². The molecule has 0 aliphatic heterocycles. The molecule has 0 aromatic heterocycles. The summed E-state index contributed by atoms with van der Waals surface area (Å²) in [7, 11) is 0. The first-order valence-corrected chi connectivity index (χ1v) is 5.93. The summed E-state index contributed by atoms with van der Waals surface area (Å²) < 4.78 is 0. The van der Waals surface area contributed by atoms with Crippen LogP contribution in [0.2, 0.25) is 0 Å². The Labute approximate surface area is 97.4 Å². The van der Waals surface area contributed by atoms with Crippen LogP contribution in [0.15, 0.2) is 0 Å². The quantitative estimate of drug-likeness (QED) is 0.702. The average Bonchev–Trinajstić information content (AvgIpc) is 2.25. The number of rotatable bonds is 7. The Bertz CT molecular complexity index is 240. The molecule has 3 atom stereocenters. The van der Waals surface area contributed by atoms with E-state index in [1.807, 2.05) is 6.92 Å². The lowest BCUT2D eigenvalue weighted by Gasteiger charge is -2.28. The number of hydrogen-bond donors (Lipinski definition) is 2. The van der Waals surface area contributed by atoms with Gasteiger partial charge in [0.15, 0.2) is 0 Å². The molecule has 4 nitrogen and oxygen atoms in total. The molecule has 0 saturated carbocycles. The number of carbonyl (C=O) groups excluding carboxylic acids is 1. The van der Waals surface area contributed by atoms with E-state index in [2.05, 4.69) is 19.2 Å². The zero-order valence-electron chi connectivity index (χ0n) is 10.6. The summed E-state index contributed by atoms with van der Waals surface area (Å²) in [6, 6.07) is -0.264. The number of aliphatic carboxylic acids is 1. The Balaban J connectivity index is 4.52. The molecule has 0 fully saturated rings. The molecule has 3 unspecified atom stereocenters. The molecule has 94 valence electrons. The van der Waals surface area contributed by atoms with E-state index in [4.69, 9.17) is 5.11 Å².